The fourth-order valence-corrected chi connectivity index (χ4v) is 1.82. The second-order valence-corrected chi connectivity index (χ2v) is 3.87. The molecule has 94 valence electrons. The van der Waals surface area contributed by atoms with E-state index in [-0.39, 0.29) is 6.61 Å². The van der Waals surface area contributed by atoms with Crippen molar-refractivity contribution in [1.82, 2.24) is 9.97 Å². The van der Waals surface area contributed by atoms with Crippen LogP contribution < -0.4 is 20.9 Å². The van der Waals surface area contributed by atoms with E-state index in [1.54, 1.807) is 7.11 Å². The molecule has 0 spiro atoms. The predicted molar refractivity (Wildman–Crippen MR) is 63.8 cm³/mol. The maximum Gasteiger partial charge on any atom is 0.205 e. The summed E-state index contributed by atoms with van der Waals surface area (Å²) >= 11 is 0. The summed E-state index contributed by atoms with van der Waals surface area (Å²) in [5, 5.41) is 9.10. The van der Waals surface area contributed by atoms with Gasteiger partial charge in [0.25, 0.3) is 0 Å². The molecule has 0 amide bonds. The third-order valence-electron chi connectivity index (χ3n) is 2.73. The molecule has 0 bridgehead atoms. The molecule has 1 aliphatic carbocycles. The molecule has 7 heteroatoms. The normalized spacial score (nSPS) is 14.5. The molecule has 7 nitrogen and oxygen atoms in total. The van der Waals surface area contributed by atoms with Gasteiger partial charge in [0.05, 0.1) is 13.7 Å². The average molecular weight is 239 g/mol. The lowest BCUT2D eigenvalue weighted by atomic mass is 10.4. The van der Waals surface area contributed by atoms with Gasteiger partial charge in [-0.3, -0.25) is 0 Å². The van der Waals surface area contributed by atoms with E-state index in [1.807, 2.05) is 4.90 Å². The van der Waals surface area contributed by atoms with Gasteiger partial charge in [-0.2, -0.15) is 0 Å². The molecule has 2 rings (SSSR count). The minimum absolute atomic E-state index is 0.0784. The van der Waals surface area contributed by atoms with Crippen LogP contribution in [0.25, 0.3) is 0 Å². The molecule has 1 heterocycles. The molecule has 4 N–H and O–H groups in total. The maximum absolute atomic E-state index is 9.10. The van der Waals surface area contributed by atoms with Crippen molar-refractivity contribution < 1.29 is 9.84 Å². The van der Waals surface area contributed by atoms with Crippen LogP contribution >= 0.6 is 0 Å². The van der Waals surface area contributed by atoms with Crippen molar-refractivity contribution >= 4 is 11.6 Å². The first-order valence-corrected chi connectivity index (χ1v) is 5.55. The van der Waals surface area contributed by atoms with Crippen LogP contribution in [-0.2, 0) is 0 Å². The molecule has 0 atom stereocenters. The number of ether oxygens (including phenoxy) is 1. The van der Waals surface area contributed by atoms with Gasteiger partial charge >= 0.3 is 0 Å². The van der Waals surface area contributed by atoms with Gasteiger partial charge in [0.2, 0.25) is 5.75 Å². The number of nitrogens with one attached hydrogen (secondary N) is 1. The van der Waals surface area contributed by atoms with Crippen molar-refractivity contribution in [2.75, 3.05) is 30.6 Å². The summed E-state index contributed by atoms with van der Waals surface area (Å²) in [7, 11) is 1.55. The molecule has 0 unspecified atom stereocenters. The van der Waals surface area contributed by atoms with E-state index < -0.39 is 0 Å². The van der Waals surface area contributed by atoms with Crippen LogP contribution in [0.1, 0.15) is 12.8 Å². The largest absolute Gasteiger partial charge is 0.490 e. The monoisotopic (exact) mass is 239 g/mol. The quantitative estimate of drug-likeness (QED) is 0.464. The smallest absolute Gasteiger partial charge is 0.205 e. The Morgan fingerprint density at radius 3 is 2.88 bits per heavy atom. The van der Waals surface area contributed by atoms with E-state index in [1.165, 1.54) is 6.33 Å². The second kappa shape index (κ2) is 5.15. The summed E-state index contributed by atoms with van der Waals surface area (Å²) in [6.45, 7) is 0.608. The van der Waals surface area contributed by atoms with Crippen LogP contribution in [-0.4, -0.2) is 41.4 Å². The zero-order valence-electron chi connectivity index (χ0n) is 9.76. The predicted octanol–water partition coefficient (Wildman–Crippen LogP) is -0.268. The van der Waals surface area contributed by atoms with Crippen molar-refractivity contribution in [3.63, 3.8) is 0 Å². The van der Waals surface area contributed by atoms with Crippen molar-refractivity contribution in [3.8, 4) is 5.75 Å². The molecule has 0 saturated heterocycles. The Morgan fingerprint density at radius 2 is 2.35 bits per heavy atom. The lowest BCUT2D eigenvalue weighted by molar-refractivity contribution is 0.300. The number of hydrogen-bond acceptors (Lipinski definition) is 7. The second-order valence-electron chi connectivity index (χ2n) is 3.87. The third kappa shape index (κ3) is 2.40. The Labute approximate surface area is 99.6 Å². The van der Waals surface area contributed by atoms with Gasteiger partial charge in [0.1, 0.15) is 6.33 Å². The minimum atomic E-state index is 0.0784. The summed E-state index contributed by atoms with van der Waals surface area (Å²) in [5.74, 6) is 7.00. The number of aliphatic hydroxyl groups excluding tert-OH is 1. The summed E-state index contributed by atoms with van der Waals surface area (Å²) in [4.78, 5) is 10.2. The lowest BCUT2D eigenvalue weighted by Gasteiger charge is -2.24. The lowest BCUT2D eigenvalue weighted by Crippen LogP contribution is -2.30. The molecule has 0 aromatic carbocycles. The van der Waals surface area contributed by atoms with Crippen molar-refractivity contribution in [2.24, 2.45) is 5.84 Å². The highest BCUT2D eigenvalue weighted by Gasteiger charge is 2.32. The number of hydrazine groups is 1. The molecule has 17 heavy (non-hydrogen) atoms. The Balaban J connectivity index is 2.34. The average Bonchev–Trinajstić information content (AvgIpc) is 3.19. The van der Waals surface area contributed by atoms with Crippen LogP contribution in [0.4, 0.5) is 11.6 Å². The van der Waals surface area contributed by atoms with Crippen LogP contribution in [0, 0.1) is 0 Å². The highest BCUT2D eigenvalue weighted by molar-refractivity contribution is 5.65. The highest BCUT2D eigenvalue weighted by atomic mass is 16.5. The molecule has 0 aliphatic heterocycles. The van der Waals surface area contributed by atoms with E-state index in [4.69, 9.17) is 15.7 Å². The zero-order chi connectivity index (χ0) is 12.3. The maximum atomic E-state index is 9.10. The first-order chi connectivity index (χ1) is 8.31. The number of anilines is 2. The molecular formula is C10H17N5O2. The standard InChI is InChI=1S/C10H17N5O2/c1-17-8-9(14-11)12-6-13-10(8)15(4-5-16)7-2-3-7/h6-7,16H,2-5,11H2,1H3,(H,12,13,14). The number of methoxy groups -OCH3 is 1. The van der Waals surface area contributed by atoms with E-state index in [2.05, 4.69) is 15.4 Å². The van der Waals surface area contributed by atoms with Crippen LogP contribution in [0.15, 0.2) is 6.33 Å². The van der Waals surface area contributed by atoms with Gasteiger partial charge in [-0.1, -0.05) is 0 Å². The topological polar surface area (TPSA) is 96.5 Å². The molecule has 1 aromatic heterocycles. The van der Waals surface area contributed by atoms with E-state index >= 15 is 0 Å². The van der Waals surface area contributed by atoms with Crippen LogP contribution in [0.2, 0.25) is 0 Å². The Bertz CT molecular complexity index is 383. The number of hydrogen-bond donors (Lipinski definition) is 3. The molecular weight excluding hydrogens is 222 g/mol. The number of nitrogens with zero attached hydrogens (tertiary/aromatic N) is 3. The zero-order valence-corrected chi connectivity index (χ0v) is 9.76. The highest BCUT2D eigenvalue weighted by Crippen LogP contribution is 2.37. The molecule has 1 aromatic rings. The number of nitrogens with two attached hydrogens (primary N) is 1. The van der Waals surface area contributed by atoms with Crippen molar-refractivity contribution in [3.05, 3.63) is 6.33 Å². The summed E-state index contributed by atoms with van der Waals surface area (Å²) in [6, 6.07) is 0.427. The third-order valence-corrected chi connectivity index (χ3v) is 2.73. The summed E-state index contributed by atoms with van der Waals surface area (Å²) in [5.41, 5.74) is 2.48. The van der Waals surface area contributed by atoms with Gasteiger partial charge in [0, 0.05) is 12.6 Å². The first-order valence-electron chi connectivity index (χ1n) is 5.55. The molecule has 1 saturated carbocycles. The number of aliphatic hydroxyl groups is 1. The van der Waals surface area contributed by atoms with Gasteiger partial charge in [-0.15, -0.1) is 0 Å². The summed E-state index contributed by atoms with van der Waals surface area (Å²) < 4.78 is 5.28. The van der Waals surface area contributed by atoms with Crippen LogP contribution in [0.5, 0.6) is 5.75 Å². The molecule has 1 fully saturated rings. The first kappa shape index (κ1) is 11.9. The number of nitrogen functional groups attached to an aromatic ring is 1. The van der Waals surface area contributed by atoms with Crippen molar-refractivity contribution in [1.29, 1.82) is 0 Å². The summed E-state index contributed by atoms with van der Waals surface area (Å²) in [6.07, 6.45) is 3.65. The number of rotatable bonds is 6. The number of aromatic nitrogens is 2. The SMILES string of the molecule is COc1c(NN)ncnc1N(CCO)C1CC1. The fourth-order valence-electron chi connectivity index (χ4n) is 1.82. The Hall–Kier alpha value is -1.60. The minimum Gasteiger partial charge on any atom is -0.490 e. The van der Waals surface area contributed by atoms with Gasteiger partial charge in [-0.25, -0.2) is 15.8 Å². The van der Waals surface area contributed by atoms with Crippen molar-refractivity contribution in [2.45, 2.75) is 18.9 Å². The molecule has 1 aliphatic rings. The van der Waals surface area contributed by atoms with Gasteiger partial charge in [-0.05, 0) is 12.8 Å². The van der Waals surface area contributed by atoms with E-state index in [0.29, 0.717) is 30.0 Å². The Kier molecular flexibility index (Phi) is 3.60. The Morgan fingerprint density at radius 1 is 1.59 bits per heavy atom. The van der Waals surface area contributed by atoms with Gasteiger partial charge < -0.3 is 20.2 Å². The van der Waals surface area contributed by atoms with Gasteiger partial charge in [0.15, 0.2) is 11.6 Å². The molecule has 0 radical (unpaired) electrons. The van der Waals surface area contributed by atoms with E-state index in [9.17, 15) is 0 Å². The van der Waals surface area contributed by atoms with Crippen LogP contribution in [0.3, 0.4) is 0 Å². The van der Waals surface area contributed by atoms with E-state index in [0.717, 1.165) is 12.8 Å². The fraction of sp³-hybridized carbons (Fsp3) is 0.600.